The minimum atomic E-state index is -3.31. The zero-order valence-electron chi connectivity index (χ0n) is 17.4. The Balaban J connectivity index is 1.82. The van der Waals surface area contributed by atoms with Crippen molar-refractivity contribution in [1.29, 1.82) is 0 Å². The zero-order chi connectivity index (χ0) is 22.9. The highest BCUT2D eigenvalue weighted by atomic mass is 32.2. The fourth-order valence-corrected chi connectivity index (χ4v) is 4.03. The highest BCUT2D eigenvalue weighted by molar-refractivity contribution is 7.90. The largest absolute Gasteiger partial charge is 0.493 e. The second kappa shape index (κ2) is 8.31. The van der Waals surface area contributed by atoms with Crippen molar-refractivity contribution in [3.8, 4) is 17.0 Å². The average Bonchev–Trinajstić information content (AvgIpc) is 2.78. The van der Waals surface area contributed by atoms with Crippen molar-refractivity contribution in [3.63, 3.8) is 0 Å². The summed E-state index contributed by atoms with van der Waals surface area (Å²) in [6, 6.07) is 9.32. The van der Waals surface area contributed by atoms with Crippen LogP contribution in [0, 0.1) is 0 Å². The van der Waals surface area contributed by atoms with E-state index in [1.165, 1.54) is 19.2 Å². The van der Waals surface area contributed by atoms with E-state index < -0.39 is 15.9 Å². The van der Waals surface area contributed by atoms with Crippen LogP contribution in [-0.4, -0.2) is 38.0 Å². The molecule has 3 aromatic rings. The van der Waals surface area contributed by atoms with Crippen LogP contribution in [0.25, 0.3) is 17.3 Å². The number of anilines is 3. The maximum Gasteiger partial charge on any atom is 0.175 e. The Hall–Kier alpha value is -3.92. The highest BCUT2D eigenvalue weighted by Gasteiger charge is 2.23. The molecule has 1 aromatic carbocycles. The van der Waals surface area contributed by atoms with Crippen LogP contribution in [-0.2, 0) is 14.6 Å². The number of hydrogen-bond donors (Lipinski definition) is 3. The molecule has 9 nitrogen and oxygen atoms in total. The van der Waals surface area contributed by atoms with E-state index in [0.717, 1.165) is 18.1 Å². The summed E-state index contributed by atoms with van der Waals surface area (Å²) in [5.74, 6) is 1.15. The number of nitrogens with two attached hydrogens (primary N) is 1. The van der Waals surface area contributed by atoms with E-state index in [-0.39, 0.29) is 10.7 Å². The topological polar surface area (TPSA) is 136 Å². The Morgan fingerprint density at radius 2 is 1.97 bits per heavy atom. The van der Waals surface area contributed by atoms with Crippen molar-refractivity contribution < 1.29 is 17.9 Å². The van der Waals surface area contributed by atoms with Crippen molar-refractivity contribution in [2.75, 3.05) is 24.4 Å². The maximum absolute atomic E-state index is 11.7. The van der Waals surface area contributed by atoms with Gasteiger partial charge in [0.15, 0.2) is 21.4 Å². The molecule has 4 N–H and O–H groups in total. The molecule has 0 saturated carbocycles. The Kier molecular flexibility index (Phi) is 5.54. The number of methoxy groups -OCH3 is 1. The lowest BCUT2D eigenvalue weighted by Gasteiger charge is -2.23. The Morgan fingerprint density at radius 1 is 1.22 bits per heavy atom. The molecule has 1 unspecified atom stereocenters. The molecule has 1 atom stereocenters. The third kappa shape index (κ3) is 4.12. The quantitative estimate of drug-likeness (QED) is 0.483. The van der Waals surface area contributed by atoms with Gasteiger partial charge >= 0.3 is 0 Å². The summed E-state index contributed by atoms with van der Waals surface area (Å²) < 4.78 is 28.8. The highest BCUT2D eigenvalue weighted by Crippen LogP contribution is 2.35. The average molecular weight is 452 g/mol. The Morgan fingerprint density at radius 3 is 2.62 bits per heavy atom. The number of aromatic nitrogens is 2. The number of benzene rings is 1. The summed E-state index contributed by atoms with van der Waals surface area (Å²) in [7, 11) is -1.80. The summed E-state index contributed by atoms with van der Waals surface area (Å²) in [6.07, 6.45) is 7.10. The fraction of sp³-hybridized carbons (Fsp3) is 0.136. The number of sulfone groups is 1. The van der Waals surface area contributed by atoms with Crippen LogP contribution in [0.2, 0.25) is 0 Å². The molecule has 0 aliphatic carbocycles. The molecule has 0 bridgehead atoms. The first-order chi connectivity index (χ1) is 15.3. The molecular weight excluding hydrogens is 430 g/mol. The number of nitrogens with one attached hydrogen (secondary N) is 2. The Labute approximate surface area is 185 Å². The van der Waals surface area contributed by atoms with Crippen LogP contribution in [0.5, 0.6) is 5.75 Å². The van der Waals surface area contributed by atoms with E-state index >= 15 is 0 Å². The standard InChI is InChI=1S/C22H21N5O4S/c1-31-19-10-14(11-25-21(19)23)17-9-13-7-8-24-18(12-28)20(13)22(27-17)26-15-3-5-16(6-4-15)32(2,29)30/h3-12,18,24H,1-2H3,(H2,23,25)(H,26,27). The molecule has 1 aliphatic heterocycles. The normalized spacial score (nSPS) is 14.9. The van der Waals surface area contributed by atoms with E-state index in [4.69, 9.17) is 15.5 Å². The van der Waals surface area contributed by atoms with Crippen molar-refractivity contribution in [2.24, 2.45) is 0 Å². The number of pyridine rings is 2. The predicted molar refractivity (Wildman–Crippen MR) is 122 cm³/mol. The number of carbonyl (C=O) groups excluding carboxylic acids is 1. The minimum absolute atomic E-state index is 0.210. The van der Waals surface area contributed by atoms with Crippen molar-refractivity contribution >= 4 is 39.5 Å². The van der Waals surface area contributed by atoms with Crippen molar-refractivity contribution in [2.45, 2.75) is 10.9 Å². The van der Waals surface area contributed by atoms with Crippen LogP contribution < -0.4 is 21.1 Å². The summed E-state index contributed by atoms with van der Waals surface area (Å²) in [4.78, 5) is 20.8. The predicted octanol–water partition coefficient (Wildman–Crippen LogP) is 2.70. The second-order valence-electron chi connectivity index (χ2n) is 7.21. The first-order valence-electron chi connectivity index (χ1n) is 9.60. The van der Waals surface area contributed by atoms with Gasteiger partial charge in [-0.3, -0.25) is 0 Å². The van der Waals surface area contributed by atoms with Crippen LogP contribution >= 0.6 is 0 Å². The van der Waals surface area contributed by atoms with Gasteiger partial charge in [0, 0.05) is 29.3 Å². The van der Waals surface area contributed by atoms with Gasteiger partial charge in [-0.25, -0.2) is 18.4 Å². The van der Waals surface area contributed by atoms with Gasteiger partial charge < -0.3 is 25.9 Å². The lowest BCUT2D eigenvalue weighted by molar-refractivity contribution is -0.109. The summed E-state index contributed by atoms with van der Waals surface area (Å²) in [5, 5.41) is 6.22. The van der Waals surface area contributed by atoms with E-state index in [0.29, 0.717) is 34.1 Å². The molecule has 0 saturated heterocycles. The van der Waals surface area contributed by atoms with Gasteiger partial charge in [0.25, 0.3) is 0 Å². The van der Waals surface area contributed by atoms with E-state index in [9.17, 15) is 13.2 Å². The van der Waals surface area contributed by atoms with E-state index in [2.05, 4.69) is 15.6 Å². The van der Waals surface area contributed by atoms with Gasteiger partial charge in [-0.1, -0.05) is 0 Å². The molecule has 0 radical (unpaired) electrons. The van der Waals surface area contributed by atoms with Crippen LogP contribution in [0.4, 0.5) is 17.3 Å². The van der Waals surface area contributed by atoms with Gasteiger partial charge in [-0.2, -0.15) is 0 Å². The van der Waals surface area contributed by atoms with E-state index in [1.807, 2.05) is 12.1 Å². The molecule has 0 fully saturated rings. The first kappa shape index (κ1) is 21.3. The number of carbonyl (C=O) groups is 1. The molecule has 1 aliphatic rings. The summed E-state index contributed by atoms with van der Waals surface area (Å²) in [6.45, 7) is 0. The third-order valence-electron chi connectivity index (χ3n) is 5.02. The molecule has 164 valence electrons. The molecule has 0 spiro atoms. The number of hydrogen-bond acceptors (Lipinski definition) is 9. The van der Waals surface area contributed by atoms with Crippen LogP contribution in [0.1, 0.15) is 17.2 Å². The van der Waals surface area contributed by atoms with Gasteiger partial charge in [-0.15, -0.1) is 0 Å². The fourth-order valence-electron chi connectivity index (χ4n) is 3.40. The molecule has 32 heavy (non-hydrogen) atoms. The monoisotopic (exact) mass is 451 g/mol. The molecule has 3 heterocycles. The van der Waals surface area contributed by atoms with Gasteiger partial charge in [0.1, 0.15) is 18.1 Å². The minimum Gasteiger partial charge on any atom is -0.493 e. The lowest BCUT2D eigenvalue weighted by Crippen LogP contribution is -2.22. The van der Waals surface area contributed by atoms with Gasteiger partial charge in [-0.05, 0) is 54.2 Å². The third-order valence-corrected chi connectivity index (χ3v) is 6.15. The lowest BCUT2D eigenvalue weighted by atomic mass is 9.97. The Bertz CT molecular complexity index is 1320. The van der Waals surface area contributed by atoms with Gasteiger partial charge in [0.2, 0.25) is 0 Å². The molecule has 10 heteroatoms. The van der Waals surface area contributed by atoms with Crippen LogP contribution in [0.15, 0.2) is 53.7 Å². The molecular formula is C22H21N5O4S. The maximum atomic E-state index is 11.7. The smallest absolute Gasteiger partial charge is 0.175 e. The zero-order valence-corrected chi connectivity index (χ0v) is 18.2. The first-order valence-corrected chi connectivity index (χ1v) is 11.5. The van der Waals surface area contributed by atoms with Gasteiger partial charge in [0.05, 0.1) is 17.7 Å². The molecule has 2 aromatic heterocycles. The SMILES string of the molecule is COc1cc(-c2cc3c(c(Nc4ccc(S(C)(=O)=O)cc4)n2)C(C=O)NC=C3)cnc1N. The number of nitrogen functional groups attached to an aromatic ring is 1. The number of aldehydes is 1. The summed E-state index contributed by atoms with van der Waals surface area (Å²) >= 11 is 0. The number of ether oxygens (including phenoxy) is 1. The molecule has 0 amide bonds. The summed E-state index contributed by atoms with van der Waals surface area (Å²) in [5.41, 5.74) is 9.21. The number of rotatable bonds is 6. The number of nitrogens with zero attached hydrogens (tertiary/aromatic N) is 2. The van der Waals surface area contributed by atoms with Crippen molar-refractivity contribution in [1.82, 2.24) is 15.3 Å². The number of fused-ring (bicyclic) bond motifs is 1. The second-order valence-corrected chi connectivity index (χ2v) is 9.22. The van der Waals surface area contributed by atoms with Crippen molar-refractivity contribution in [3.05, 3.63) is 59.9 Å². The van der Waals surface area contributed by atoms with E-state index in [1.54, 1.807) is 30.6 Å². The van der Waals surface area contributed by atoms with Crippen LogP contribution in [0.3, 0.4) is 0 Å². The molecule has 4 rings (SSSR count).